The zero-order chi connectivity index (χ0) is 18.5. The maximum Gasteiger partial charge on any atom is 0.140 e. The fourth-order valence-corrected chi connectivity index (χ4v) is 3.72. The number of aryl methyl sites for hydroxylation is 1. The van der Waals surface area contributed by atoms with Gasteiger partial charge >= 0.3 is 0 Å². The van der Waals surface area contributed by atoms with Crippen molar-refractivity contribution in [2.24, 2.45) is 0 Å². The van der Waals surface area contributed by atoms with Gasteiger partial charge in [0, 0.05) is 50.1 Å². The molecule has 4 rings (SSSR count). The molecule has 1 fully saturated rings. The summed E-state index contributed by atoms with van der Waals surface area (Å²) in [6.45, 7) is 3.80. The quantitative estimate of drug-likeness (QED) is 0.696. The van der Waals surface area contributed by atoms with Gasteiger partial charge in [0.25, 0.3) is 0 Å². The first kappa shape index (κ1) is 17.9. The first-order valence-electron chi connectivity index (χ1n) is 9.63. The van der Waals surface area contributed by atoms with E-state index in [2.05, 4.69) is 15.2 Å². The predicted molar refractivity (Wildman–Crippen MR) is 103 cm³/mol. The molecule has 0 bridgehead atoms. The van der Waals surface area contributed by atoms with Crippen LogP contribution in [0, 0.1) is 0 Å². The zero-order valence-corrected chi connectivity index (χ0v) is 15.5. The van der Waals surface area contributed by atoms with Gasteiger partial charge in [0.1, 0.15) is 11.5 Å². The van der Waals surface area contributed by atoms with Gasteiger partial charge in [-0.3, -0.25) is 4.68 Å². The van der Waals surface area contributed by atoms with Gasteiger partial charge < -0.3 is 14.5 Å². The number of piperidine rings is 1. The molecule has 142 valence electrons. The van der Waals surface area contributed by atoms with Gasteiger partial charge in [-0.15, -0.1) is 0 Å². The summed E-state index contributed by atoms with van der Waals surface area (Å²) in [5.74, 6) is 0.753. The highest BCUT2D eigenvalue weighted by Crippen LogP contribution is 2.28. The lowest BCUT2D eigenvalue weighted by Crippen LogP contribution is -2.46. The SMILES string of the molecule is OC1(Cc2cc(-c3ccccc3)no2)CCN(CCCn2cccn2)CC1. The Balaban J connectivity index is 1.26. The predicted octanol–water partition coefficient (Wildman–Crippen LogP) is 3.00. The van der Waals surface area contributed by atoms with E-state index in [0.717, 1.165) is 62.5 Å². The second kappa shape index (κ2) is 8.06. The fourth-order valence-electron chi connectivity index (χ4n) is 3.72. The summed E-state index contributed by atoms with van der Waals surface area (Å²) in [6, 6.07) is 13.9. The van der Waals surface area contributed by atoms with Gasteiger partial charge in [0.15, 0.2) is 0 Å². The van der Waals surface area contributed by atoms with Crippen molar-refractivity contribution in [1.29, 1.82) is 0 Å². The summed E-state index contributed by atoms with van der Waals surface area (Å²) in [6.07, 6.45) is 6.92. The molecule has 1 aliphatic rings. The van der Waals surface area contributed by atoms with E-state index in [1.54, 1.807) is 0 Å². The molecule has 0 saturated carbocycles. The maximum atomic E-state index is 11.0. The van der Waals surface area contributed by atoms with E-state index in [0.29, 0.717) is 6.42 Å². The van der Waals surface area contributed by atoms with Gasteiger partial charge in [-0.2, -0.15) is 5.10 Å². The van der Waals surface area contributed by atoms with Gasteiger partial charge in [-0.1, -0.05) is 35.5 Å². The Bertz CT molecular complexity index is 821. The van der Waals surface area contributed by atoms with E-state index in [4.69, 9.17) is 4.52 Å². The molecule has 27 heavy (non-hydrogen) atoms. The molecule has 0 radical (unpaired) electrons. The molecule has 1 saturated heterocycles. The summed E-state index contributed by atoms with van der Waals surface area (Å²) < 4.78 is 7.45. The molecule has 3 aromatic rings. The van der Waals surface area contributed by atoms with Gasteiger partial charge in [0.2, 0.25) is 0 Å². The topological polar surface area (TPSA) is 67.3 Å². The summed E-state index contributed by atoms with van der Waals surface area (Å²) in [5.41, 5.74) is 1.16. The van der Waals surface area contributed by atoms with Gasteiger partial charge in [-0.25, -0.2) is 0 Å². The van der Waals surface area contributed by atoms with Crippen molar-refractivity contribution in [1.82, 2.24) is 19.8 Å². The number of hydrogen-bond donors (Lipinski definition) is 1. The molecular weight excluding hydrogens is 340 g/mol. The number of likely N-dealkylation sites (tertiary alicyclic amines) is 1. The van der Waals surface area contributed by atoms with Crippen LogP contribution in [0.2, 0.25) is 0 Å². The summed E-state index contributed by atoms with van der Waals surface area (Å²) in [7, 11) is 0. The lowest BCUT2D eigenvalue weighted by atomic mass is 9.87. The Morgan fingerprint density at radius 2 is 1.89 bits per heavy atom. The van der Waals surface area contributed by atoms with Crippen LogP contribution >= 0.6 is 0 Å². The molecule has 0 unspecified atom stereocenters. The molecule has 1 N–H and O–H groups in total. The third-order valence-corrected chi connectivity index (χ3v) is 5.34. The molecular formula is C21H26N4O2. The van der Waals surface area contributed by atoms with Crippen LogP contribution in [0.3, 0.4) is 0 Å². The summed E-state index contributed by atoms with van der Waals surface area (Å²) in [5, 5.41) is 19.4. The summed E-state index contributed by atoms with van der Waals surface area (Å²) in [4.78, 5) is 2.42. The molecule has 6 nitrogen and oxygen atoms in total. The minimum atomic E-state index is -0.702. The van der Waals surface area contributed by atoms with E-state index < -0.39 is 5.60 Å². The molecule has 1 aromatic carbocycles. The molecule has 0 aliphatic carbocycles. The second-order valence-electron chi connectivity index (χ2n) is 7.41. The van der Waals surface area contributed by atoms with Crippen LogP contribution in [0.15, 0.2) is 59.4 Å². The number of aliphatic hydroxyl groups is 1. The van der Waals surface area contributed by atoms with E-state index in [9.17, 15) is 5.11 Å². The van der Waals surface area contributed by atoms with Crippen LogP contribution < -0.4 is 0 Å². The van der Waals surface area contributed by atoms with Crippen LogP contribution in [-0.2, 0) is 13.0 Å². The van der Waals surface area contributed by atoms with Crippen LogP contribution in [0.25, 0.3) is 11.3 Å². The maximum absolute atomic E-state index is 11.0. The van der Waals surface area contributed by atoms with Crippen LogP contribution in [0.4, 0.5) is 0 Å². The minimum absolute atomic E-state index is 0.522. The second-order valence-corrected chi connectivity index (χ2v) is 7.41. The number of hydrogen-bond acceptors (Lipinski definition) is 5. The van der Waals surface area contributed by atoms with E-state index in [1.807, 2.05) is 59.5 Å². The van der Waals surface area contributed by atoms with Crippen LogP contribution in [-0.4, -0.2) is 50.2 Å². The zero-order valence-electron chi connectivity index (χ0n) is 15.5. The lowest BCUT2D eigenvalue weighted by molar-refractivity contribution is -0.0250. The van der Waals surface area contributed by atoms with E-state index >= 15 is 0 Å². The summed E-state index contributed by atoms with van der Waals surface area (Å²) >= 11 is 0. The molecule has 2 aromatic heterocycles. The van der Waals surface area contributed by atoms with Crippen molar-refractivity contribution in [2.45, 2.75) is 37.8 Å². The first-order chi connectivity index (χ1) is 13.2. The van der Waals surface area contributed by atoms with E-state index in [1.165, 1.54) is 0 Å². The van der Waals surface area contributed by atoms with Crippen molar-refractivity contribution < 1.29 is 9.63 Å². The van der Waals surface area contributed by atoms with Crippen molar-refractivity contribution in [3.8, 4) is 11.3 Å². The average Bonchev–Trinajstić information content (AvgIpc) is 3.36. The molecule has 0 amide bonds. The Morgan fingerprint density at radius 3 is 2.63 bits per heavy atom. The third kappa shape index (κ3) is 4.64. The molecule has 0 spiro atoms. The number of rotatable bonds is 7. The van der Waals surface area contributed by atoms with Crippen molar-refractivity contribution in [2.75, 3.05) is 19.6 Å². The molecule has 3 heterocycles. The monoisotopic (exact) mass is 366 g/mol. The van der Waals surface area contributed by atoms with E-state index in [-0.39, 0.29) is 0 Å². The molecule has 0 atom stereocenters. The Kier molecular flexibility index (Phi) is 5.36. The Hall–Kier alpha value is -2.44. The average molecular weight is 366 g/mol. The van der Waals surface area contributed by atoms with Gasteiger partial charge in [0.05, 0.1) is 5.60 Å². The molecule has 6 heteroatoms. The van der Waals surface area contributed by atoms with Crippen LogP contribution in [0.5, 0.6) is 0 Å². The standard InChI is InChI=1S/C21H26N4O2/c26-21(17-19-16-20(23-27-19)18-6-2-1-3-7-18)8-14-24(15-9-21)11-5-13-25-12-4-10-22-25/h1-4,6-7,10,12,16,26H,5,8-9,11,13-15,17H2. The highest BCUT2D eigenvalue weighted by molar-refractivity contribution is 5.58. The van der Waals surface area contributed by atoms with Crippen molar-refractivity contribution in [3.05, 3.63) is 60.6 Å². The fraction of sp³-hybridized carbons (Fsp3) is 0.429. The van der Waals surface area contributed by atoms with Crippen LogP contribution in [0.1, 0.15) is 25.0 Å². The minimum Gasteiger partial charge on any atom is -0.389 e. The number of nitrogens with zero attached hydrogens (tertiary/aromatic N) is 4. The first-order valence-corrected chi connectivity index (χ1v) is 9.63. The third-order valence-electron chi connectivity index (χ3n) is 5.34. The smallest absolute Gasteiger partial charge is 0.140 e. The Labute approximate surface area is 159 Å². The largest absolute Gasteiger partial charge is 0.389 e. The highest BCUT2D eigenvalue weighted by Gasteiger charge is 2.33. The lowest BCUT2D eigenvalue weighted by Gasteiger charge is -2.37. The normalized spacial score (nSPS) is 17.2. The Morgan fingerprint density at radius 1 is 1.07 bits per heavy atom. The van der Waals surface area contributed by atoms with Crippen molar-refractivity contribution in [3.63, 3.8) is 0 Å². The highest BCUT2D eigenvalue weighted by atomic mass is 16.5. The van der Waals surface area contributed by atoms with Gasteiger partial charge in [-0.05, 0) is 31.9 Å². The molecule has 1 aliphatic heterocycles. The van der Waals surface area contributed by atoms with Crippen molar-refractivity contribution >= 4 is 0 Å². The number of benzene rings is 1. The number of aromatic nitrogens is 3.